The van der Waals surface area contributed by atoms with E-state index in [0.29, 0.717) is 16.3 Å². The number of benzene rings is 2. The molecular formula is C19H14ClN3O2. The molecule has 2 aromatic heterocycles. The molecule has 6 heteroatoms. The van der Waals surface area contributed by atoms with Crippen molar-refractivity contribution in [2.75, 3.05) is 5.32 Å². The van der Waals surface area contributed by atoms with E-state index >= 15 is 0 Å². The van der Waals surface area contributed by atoms with Gasteiger partial charge in [0, 0.05) is 34.7 Å². The number of furan rings is 1. The molecule has 0 saturated carbocycles. The molecule has 0 bridgehead atoms. The number of anilines is 1. The molecule has 0 aliphatic rings. The van der Waals surface area contributed by atoms with Gasteiger partial charge in [-0.15, -0.1) is 0 Å². The molecule has 4 rings (SSSR count). The maximum absolute atomic E-state index is 12.6. The molecule has 25 heavy (non-hydrogen) atoms. The molecule has 1 amide bonds. The number of carbonyl (C=O) groups is 1. The summed E-state index contributed by atoms with van der Waals surface area (Å²) in [6.07, 6.45) is 5.29. The maximum atomic E-state index is 12.6. The van der Waals surface area contributed by atoms with Crippen LogP contribution in [-0.4, -0.2) is 15.5 Å². The third-order valence-corrected chi connectivity index (χ3v) is 4.35. The van der Waals surface area contributed by atoms with E-state index in [4.69, 9.17) is 16.0 Å². The van der Waals surface area contributed by atoms with Gasteiger partial charge in [-0.25, -0.2) is 4.98 Å². The predicted molar refractivity (Wildman–Crippen MR) is 97.5 cm³/mol. The minimum atomic E-state index is -0.305. The molecule has 4 aromatic rings. The third-order valence-electron chi connectivity index (χ3n) is 4.05. The van der Waals surface area contributed by atoms with E-state index in [2.05, 4.69) is 10.3 Å². The number of aromatic nitrogens is 2. The number of aryl methyl sites for hydroxylation is 1. The monoisotopic (exact) mass is 351 g/mol. The van der Waals surface area contributed by atoms with Crippen molar-refractivity contribution in [3.05, 3.63) is 77.5 Å². The van der Waals surface area contributed by atoms with Crippen LogP contribution < -0.4 is 5.32 Å². The van der Waals surface area contributed by atoms with Gasteiger partial charge >= 0.3 is 0 Å². The SMILES string of the molecule is Cc1c(C(=O)Nc2ccc(-n3ccnc3)cc2)oc2c(Cl)cccc12. The van der Waals surface area contributed by atoms with Crippen LogP contribution in [-0.2, 0) is 0 Å². The van der Waals surface area contributed by atoms with E-state index in [-0.39, 0.29) is 11.7 Å². The van der Waals surface area contributed by atoms with Crippen LogP contribution >= 0.6 is 11.6 Å². The normalized spacial score (nSPS) is 11.0. The Bertz CT molecular complexity index is 1050. The van der Waals surface area contributed by atoms with Crippen LogP contribution in [0.4, 0.5) is 5.69 Å². The van der Waals surface area contributed by atoms with Crippen LogP contribution in [0.15, 0.2) is 65.6 Å². The van der Waals surface area contributed by atoms with E-state index in [1.807, 2.05) is 54.1 Å². The Morgan fingerprint density at radius 1 is 1.20 bits per heavy atom. The van der Waals surface area contributed by atoms with E-state index < -0.39 is 0 Å². The summed E-state index contributed by atoms with van der Waals surface area (Å²) >= 11 is 6.14. The lowest BCUT2D eigenvalue weighted by atomic mass is 10.1. The second-order valence-corrected chi connectivity index (χ2v) is 6.05. The second-order valence-electron chi connectivity index (χ2n) is 5.64. The summed E-state index contributed by atoms with van der Waals surface area (Å²) in [5.74, 6) is -0.0399. The third kappa shape index (κ3) is 2.79. The first-order valence-corrected chi connectivity index (χ1v) is 8.08. The van der Waals surface area contributed by atoms with E-state index in [1.165, 1.54) is 0 Å². The summed E-state index contributed by atoms with van der Waals surface area (Å²) in [4.78, 5) is 16.6. The van der Waals surface area contributed by atoms with Gasteiger partial charge in [0.25, 0.3) is 5.91 Å². The number of hydrogen-bond acceptors (Lipinski definition) is 3. The van der Waals surface area contributed by atoms with Crippen LogP contribution in [0.1, 0.15) is 16.1 Å². The van der Waals surface area contributed by atoms with Crippen molar-refractivity contribution in [3.63, 3.8) is 0 Å². The van der Waals surface area contributed by atoms with Gasteiger partial charge in [0.05, 0.1) is 11.3 Å². The standard InChI is InChI=1S/C19H14ClN3O2/c1-12-15-3-2-4-16(20)18(15)25-17(12)19(24)22-13-5-7-14(8-6-13)23-10-9-21-11-23/h2-11H,1H3,(H,22,24). The highest BCUT2D eigenvalue weighted by atomic mass is 35.5. The lowest BCUT2D eigenvalue weighted by Gasteiger charge is -2.06. The Labute approximate surface area is 148 Å². The summed E-state index contributed by atoms with van der Waals surface area (Å²) < 4.78 is 7.58. The van der Waals surface area contributed by atoms with E-state index in [1.54, 1.807) is 18.6 Å². The van der Waals surface area contributed by atoms with Crippen molar-refractivity contribution < 1.29 is 9.21 Å². The molecule has 124 valence electrons. The molecule has 0 radical (unpaired) electrons. The quantitative estimate of drug-likeness (QED) is 0.575. The van der Waals surface area contributed by atoms with Gasteiger partial charge in [-0.05, 0) is 37.3 Å². The highest BCUT2D eigenvalue weighted by Crippen LogP contribution is 2.31. The summed E-state index contributed by atoms with van der Waals surface area (Å²) in [6.45, 7) is 1.85. The van der Waals surface area contributed by atoms with Crippen LogP contribution in [0, 0.1) is 6.92 Å². The molecule has 0 aliphatic heterocycles. The van der Waals surface area contributed by atoms with Gasteiger partial charge in [-0.1, -0.05) is 23.7 Å². The lowest BCUT2D eigenvalue weighted by Crippen LogP contribution is -2.12. The predicted octanol–water partition coefficient (Wildman–Crippen LogP) is 4.83. The maximum Gasteiger partial charge on any atom is 0.291 e. The van der Waals surface area contributed by atoms with Gasteiger partial charge in [0.15, 0.2) is 11.3 Å². The molecule has 0 spiro atoms. The smallest absolute Gasteiger partial charge is 0.291 e. The fourth-order valence-electron chi connectivity index (χ4n) is 2.74. The zero-order valence-electron chi connectivity index (χ0n) is 13.4. The van der Waals surface area contributed by atoms with Crippen LogP contribution in [0.2, 0.25) is 5.02 Å². The Morgan fingerprint density at radius 3 is 2.68 bits per heavy atom. The average molecular weight is 352 g/mol. The topological polar surface area (TPSA) is 60.1 Å². The van der Waals surface area contributed by atoms with Gasteiger partial charge < -0.3 is 14.3 Å². The van der Waals surface area contributed by atoms with Gasteiger partial charge in [-0.3, -0.25) is 4.79 Å². The average Bonchev–Trinajstić information content (AvgIpc) is 3.25. The number of nitrogens with zero attached hydrogens (tertiary/aromatic N) is 2. The molecule has 0 saturated heterocycles. The van der Waals surface area contributed by atoms with Crippen LogP contribution in [0.3, 0.4) is 0 Å². The number of rotatable bonds is 3. The highest BCUT2D eigenvalue weighted by molar-refractivity contribution is 6.35. The van der Waals surface area contributed by atoms with Gasteiger partial charge in [0.1, 0.15) is 0 Å². The lowest BCUT2D eigenvalue weighted by molar-refractivity contribution is 0.0998. The first kappa shape index (κ1) is 15.5. The number of carbonyl (C=O) groups excluding carboxylic acids is 1. The molecule has 1 N–H and O–H groups in total. The molecule has 2 aromatic carbocycles. The van der Waals surface area contributed by atoms with Crippen molar-refractivity contribution in [2.45, 2.75) is 6.92 Å². The Hall–Kier alpha value is -3.05. The number of para-hydroxylation sites is 1. The Morgan fingerprint density at radius 2 is 2.00 bits per heavy atom. The van der Waals surface area contributed by atoms with Crippen molar-refractivity contribution in [1.82, 2.24) is 9.55 Å². The van der Waals surface area contributed by atoms with Crippen molar-refractivity contribution in [1.29, 1.82) is 0 Å². The summed E-state index contributed by atoms with van der Waals surface area (Å²) in [7, 11) is 0. The largest absolute Gasteiger partial charge is 0.449 e. The fourth-order valence-corrected chi connectivity index (χ4v) is 2.96. The minimum absolute atomic E-state index is 0.266. The van der Waals surface area contributed by atoms with Gasteiger partial charge in [-0.2, -0.15) is 0 Å². The van der Waals surface area contributed by atoms with Crippen molar-refractivity contribution >= 4 is 34.2 Å². The number of nitrogens with one attached hydrogen (secondary N) is 1. The number of hydrogen-bond donors (Lipinski definition) is 1. The van der Waals surface area contributed by atoms with Crippen molar-refractivity contribution in [2.24, 2.45) is 0 Å². The highest BCUT2D eigenvalue weighted by Gasteiger charge is 2.19. The number of imidazole rings is 1. The number of amides is 1. The molecule has 0 unspecified atom stereocenters. The van der Waals surface area contributed by atoms with Crippen molar-refractivity contribution in [3.8, 4) is 5.69 Å². The minimum Gasteiger partial charge on any atom is -0.449 e. The van der Waals surface area contributed by atoms with E-state index in [0.717, 1.165) is 16.6 Å². The zero-order chi connectivity index (χ0) is 17.4. The summed E-state index contributed by atoms with van der Waals surface area (Å²) in [5, 5.41) is 4.18. The molecule has 2 heterocycles. The van der Waals surface area contributed by atoms with Crippen LogP contribution in [0.25, 0.3) is 16.7 Å². The van der Waals surface area contributed by atoms with Gasteiger partial charge in [0.2, 0.25) is 0 Å². The first-order chi connectivity index (χ1) is 12.1. The van der Waals surface area contributed by atoms with Crippen LogP contribution in [0.5, 0.6) is 0 Å². The molecule has 0 fully saturated rings. The number of fused-ring (bicyclic) bond motifs is 1. The molecule has 0 atom stereocenters. The Kier molecular flexibility index (Phi) is 3.78. The number of halogens is 1. The fraction of sp³-hybridized carbons (Fsp3) is 0.0526. The summed E-state index contributed by atoms with van der Waals surface area (Å²) in [6, 6.07) is 12.9. The first-order valence-electron chi connectivity index (χ1n) is 7.71. The molecule has 5 nitrogen and oxygen atoms in total. The summed E-state index contributed by atoms with van der Waals surface area (Å²) in [5.41, 5.74) is 2.94. The second kappa shape index (κ2) is 6.11. The van der Waals surface area contributed by atoms with E-state index in [9.17, 15) is 4.79 Å². The zero-order valence-corrected chi connectivity index (χ0v) is 14.1. The Balaban J connectivity index is 1.60. The molecule has 0 aliphatic carbocycles. The molecular weight excluding hydrogens is 338 g/mol.